The molecule has 1 fully saturated rings. The van der Waals surface area contributed by atoms with E-state index in [1.54, 1.807) is 0 Å². The van der Waals surface area contributed by atoms with Crippen LogP contribution in [0.2, 0.25) is 24.1 Å². The number of rotatable bonds is 8. The van der Waals surface area contributed by atoms with Crippen molar-refractivity contribution in [3.05, 3.63) is 30.3 Å². The molecule has 1 aliphatic carbocycles. The van der Waals surface area contributed by atoms with Gasteiger partial charge in [0.25, 0.3) is 0 Å². The Morgan fingerprint density at radius 3 is 2.20 bits per heavy atom. The average Bonchev–Trinajstić information content (AvgIpc) is 3.35. The van der Waals surface area contributed by atoms with E-state index in [1.807, 2.05) is 18.2 Å². The van der Waals surface area contributed by atoms with E-state index in [2.05, 4.69) is 31.8 Å². The maximum absolute atomic E-state index is 13.2. The fraction of sp³-hybridized carbons (Fsp3) is 0.588. The molecule has 2 rings (SSSR count). The van der Waals surface area contributed by atoms with Gasteiger partial charge in [0, 0.05) is 0 Å². The first kappa shape index (κ1) is 20.9. The predicted molar refractivity (Wildman–Crippen MR) is 103 cm³/mol. The van der Waals surface area contributed by atoms with Crippen molar-refractivity contribution >= 4 is 41.1 Å². The van der Waals surface area contributed by atoms with Gasteiger partial charge in [0.15, 0.2) is 0 Å². The van der Waals surface area contributed by atoms with E-state index in [1.165, 1.54) is 25.8 Å². The molecule has 5 nitrogen and oxygen atoms in total. The normalized spacial score (nSPS) is 24.6. The molecule has 8 heteroatoms. The topological polar surface area (TPSA) is 61.8 Å². The van der Waals surface area contributed by atoms with Gasteiger partial charge >= 0.3 is 157 Å². The average molecular weight is 449 g/mol. The van der Waals surface area contributed by atoms with Crippen molar-refractivity contribution in [1.29, 1.82) is 0 Å². The van der Waals surface area contributed by atoms with E-state index < -0.39 is 26.8 Å². The van der Waals surface area contributed by atoms with Crippen LogP contribution >= 0.6 is 7.60 Å². The van der Waals surface area contributed by atoms with Crippen molar-refractivity contribution in [2.75, 3.05) is 21.3 Å². The van der Waals surface area contributed by atoms with E-state index in [9.17, 15) is 9.36 Å². The monoisotopic (exact) mass is 450 g/mol. The first-order valence-corrected chi connectivity index (χ1v) is 15.1. The second-order valence-electron chi connectivity index (χ2n) is 7.31. The zero-order valence-corrected chi connectivity index (χ0v) is 19.3. The fourth-order valence-electron chi connectivity index (χ4n) is 3.38. The maximum atomic E-state index is 13.2. The van der Waals surface area contributed by atoms with Crippen LogP contribution in [0.3, 0.4) is 0 Å². The minimum absolute atomic E-state index is 0.0300. The third kappa shape index (κ3) is 3.82. The molecule has 0 saturated heterocycles. The Balaban J connectivity index is 2.41. The molecule has 1 unspecified atom stereocenters. The van der Waals surface area contributed by atoms with Gasteiger partial charge in [-0.25, -0.2) is 0 Å². The van der Waals surface area contributed by atoms with Gasteiger partial charge < -0.3 is 0 Å². The van der Waals surface area contributed by atoms with Crippen LogP contribution in [-0.4, -0.2) is 55.5 Å². The molecule has 1 aromatic rings. The Morgan fingerprint density at radius 1 is 1.20 bits per heavy atom. The van der Waals surface area contributed by atoms with E-state index in [-0.39, 0.29) is 20.9 Å². The molecule has 1 aliphatic rings. The molecule has 0 heterocycles. The van der Waals surface area contributed by atoms with Gasteiger partial charge in [-0.1, -0.05) is 0 Å². The van der Waals surface area contributed by atoms with Crippen molar-refractivity contribution in [2.45, 2.75) is 35.7 Å². The Labute approximate surface area is 157 Å². The van der Waals surface area contributed by atoms with Gasteiger partial charge in [0.05, 0.1) is 0 Å². The van der Waals surface area contributed by atoms with Crippen LogP contribution in [0.5, 0.6) is 0 Å². The van der Waals surface area contributed by atoms with Crippen LogP contribution in [0.25, 0.3) is 0 Å². The van der Waals surface area contributed by atoms with Crippen molar-refractivity contribution in [2.24, 2.45) is 5.92 Å². The summed E-state index contributed by atoms with van der Waals surface area (Å²) in [5.74, 6) is -0.505. The van der Waals surface area contributed by atoms with Crippen LogP contribution in [0, 0.1) is 5.92 Å². The van der Waals surface area contributed by atoms with Crippen LogP contribution < -0.4 is 4.46 Å². The molecule has 0 aliphatic heterocycles. The van der Waals surface area contributed by atoms with Crippen molar-refractivity contribution < 1.29 is 23.1 Å². The standard InChI is InChI=1S/C17H27O5PSeSi/c1-20-16(18)17(23(19,21-2)22-3)12-14(17)15(25(4,5)6)24-13-10-8-7-9-11-13/h7-11,14-15H,12H2,1-6H3/t14-,15?,17+/m1/s1. The Kier molecular flexibility index (Phi) is 6.41. The number of esters is 1. The predicted octanol–water partition coefficient (Wildman–Crippen LogP) is 3.10. The molecule has 0 aromatic heterocycles. The summed E-state index contributed by atoms with van der Waals surface area (Å²) >= 11 is 0.179. The molecule has 0 N–H and O–H groups in total. The first-order chi connectivity index (χ1) is 11.7. The number of ether oxygens (including phenoxy) is 1. The van der Waals surface area contributed by atoms with Gasteiger partial charge in [-0.05, 0) is 0 Å². The summed E-state index contributed by atoms with van der Waals surface area (Å²) < 4.78 is 30.3. The fourth-order valence-corrected chi connectivity index (χ4v) is 13.0. The molecule has 3 atom stereocenters. The Morgan fingerprint density at radius 2 is 1.76 bits per heavy atom. The van der Waals surface area contributed by atoms with Crippen LogP contribution in [0.4, 0.5) is 0 Å². The van der Waals surface area contributed by atoms with Crippen LogP contribution in [-0.2, 0) is 23.1 Å². The number of methoxy groups -OCH3 is 1. The summed E-state index contributed by atoms with van der Waals surface area (Å²) in [6, 6.07) is 10.3. The zero-order valence-electron chi connectivity index (χ0n) is 15.6. The quantitative estimate of drug-likeness (QED) is 0.347. The van der Waals surface area contributed by atoms with Crippen molar-refractivity contribution in [3.63, 3.8) is 0 Å². The summed E-state index contributed by atoms with van der Waals surface area (Å²) in [5.41, 5.74) is 0. The number of carbonyl (C=O) groups is 1. The third-order valence-corrected chi connectivity index (χ3v) is 16.9. The molecule has 0 spiro atoms. The van der Waals surface area contributed by atoms with Crippen LogP contribution in [0.1, 0.15) is 6.42 Å². The van der Waals surface area contributed by atoms with E-state index in [0.717, 1.165) is 0 Å². The second-order valence-corrected chi connectivity index (χ2v) is 18.7. The minimum atomic E-state index is -3.57. The summed E-state index contributed by atoms with van der Waals surface area (Å²) in [4.78, 5) is 12.6. The SMILES string of the molecule is COC(=O)[C@]1(P(=O)(OC)OC)C[C@@H]1C([Se]c1ccccc1)[Si](C)(C)C. The number of benzene rings is 1. The van der Waals surface area contributed by atoms with Gasteiger partial charge in [-0.3, -0.25) is 0 Å². The van der Waals surface area contributed by atoms with Gasteiger partial charge in [-0.2, -0.15) is 0 Å². The number of hydrogen-bond acceptors (Lipinski definition) is 5. The molecular weight excluding hydrogens is 422 g/mol. The number of hydrogen-bond donors (Lipinski definition) is 0. The molecular formula is C17H27O5PSeSi. The summed E-state index contributed by atoms with van der Waals surface area (Å²) in [7, 11) is -1.18. The van der Waals surface area contributed by atoms with Gasteiger partial charge in [0.2, 0.25) is 0 Å². The van der Waals surface area contributed by atoms with Crippen molar-refractivity contribution in [3.8, 4) is 0 Å². The van der Waals surface area contributed by atoms with Crippen molar-refractivity contribution in [1.82, 2.24) is 0 Å². The van der Waals surface area contributed by atoms with Gasteiger partial charge in [-0.15, -0.1) is 0 Å². The summed E-state index contributed by atoms with van der Waals surface area (Å²) in [6.07, 6.45) is 0.502. The summed E-state index contributed by atoms with van der Waals surface area (Å²) in [6.45, 7) is 6.90. The van der Waals surface area contributed by atoms with E-state index >= 15 is 0 Å². The third-order valence-electron chi connectivity index (χ3n) is 4.72. The Bertz CT molecular complexity index is 655. The molecule has 25 heavy (non-hydrogen) atoms. The zero-order chi connectivity index (χ0) is 18.9. The molecule has 1 aromatic carbocycles. The van der Waals surface area contributed by atoms with E-state index in [0.29, 0.717) is 10.9 Å². The first-order valence-electron chi connectivity index (χ1n) is 8.18. The molecule has 0 bridgehead atoms. The molecule has 0 amide bonds. The molecule has 1 saturated carbocycles. The molecule has 0 radical (unpaired) electrons. The Hall–Kier alpha value is -0.424. The van der Waals surface area contributed by atoms with Gasteiger partial charge in [0.1, 0.15) is 0 Å². The number of carbonyl (C=O) groups excluding carboxylic acids is 1. The van der Waals surface area contributed by atoms with Crippen LogP contribution in [0.15, 0.2) is 30.3 Å². The second kappa shape index (κ2) is 7.67. The summed E-state index contributed by atoms with van der Waals surface area (Å²) in [5, 5.41) is -1.16. The molecule has 140 valence electrons. The van der Waals surface area contributed by atoms with E-state index in [4.69, 9.17) is 13.8 Å².